The number of carbonyl (C=O) groups excluding carboxylic acids is 1. The first-order valence-electron chi connectivity index (χ1n) is 9.11. The second-order valence-corrected chi connectivity index (χ2v) is 8.76. The van der Waals surface area contributed by atoms with Gasteiger partial charge in [0.15, 0.2) is 0 Å². The molecule has 3 rings (SSSR count). The molecule has 1 N–H and O–H groups in total. The van der Waals surface area contributed by atoms with Crippen LogP contribution in [0.15, 0.2) is 23.4 Å². The van der Waals surface area contributed by atoms with Crippen LogP contribution in [0.2, 0.25) is 0 Å². The van der Waals surface area contributed by atoms with Crippen LogP contribution >= 0.6 is 11.5 Å². The molecular weight excluding hydrogens is 364 g/mol. The number of carbonyl (C=O) groups is 1. The van der Waals surface area contributed by atoms with Crippen LogP contribution in [0.5, 0.6) is 0 Å². The fourth-order valence-corrected chi connectivity index (χ4v) is 3.76. The van der Waals surface area contributed by atoms with E-state index in [-0.39, 0.29) is 22.9 Å². The van der Waals surface area contributed by atoms with Gasteiger partial charge < -0.3 is 10.2 Å². The summed E-state index contributed by atoms with van der Waals surface area (Å²) in [5, 5.41) is 4.25. The maximum atomic E-state index is 12.4. The third-order valence-corrected chi connectivity index (χ3v) is 5.48. The molecule has 0 saturated heterocycles. The van der Waals surface area contributed by atoms with Gasteiger partial charge in [-0.15, -0.1) is 0 Å². The predicted octanol–water partition coefficient (Wildman–Crippen LogP) is 1.88. The van der Waals surface area contributed by atoms with Crippen molar-refractivity contribution in [2.75, 3.05) is 12.4 Å². The quantitative estimate of drug-likeness (QED) is 0.810. The SMILES string of the molecule is CN(C(=O)CCn1cnccc1=O)C1CC(Nc2nc(C(C)(C)C)ns2)C1. The number of nitrogens with one attached hydrogen (secondary N) is 1. The summed E-state index contributed by atoms with van der Waals surface area (Å²) in [6.45, 7) is 6.64. The van der Waals surface area contributed by atoms with Crippen LogP contribution in [0, 0.1) is 0 Å². The summed E-state index contributed by atoms with van der Waals surface area (Å²) in [6.07, 6.45) is 4.99. The Labute approximate surface area is 162 Å². The molecule has 2 heterocycles. The molecule has 1 aliphatic carbocycles. The van der Waals surface area contributed by atoms with Crippen molar-refractivity contribution in [3.63, 3.8) is 0 Å². The summed E-state index contributed by atoms with van der Waals surface area (Å²) in [6, 6.07) is 1.93. The molecule has 1 aliphatic rings. The second kappa shape index (κ2) is 7.75. The van der Waals surface area contributed by atoms with Crippen LogP contribution in [0.25, 0.3) is 0 Å². The lowest BCUT2D eigenvalue weighted by Crippen LogP contribution is -2.50. The van der Waals surface area contributed by atoms with Crippen LogP contribution in [0.4, 0.5) is 5.13 Å². The smallest absolute Gasteiger partial charge is 0.253 e. The summed E-state index contributed by atoms with van der Waals surface area (Å²) in [4.78, 5) is 34.3. The zero-order chi connectivity index (χ0) is 19.6. The summed E-state index contributed by atoms with van der Waals surface area (Å²) in [5.74, 6) is 0.893. The first kappa shape index (κ1) is 19.5. The molecule has 1 amide bonds. The Balaban J connectivity index is 1.44. The Kier molecular flexibility index (Phi) is 5.59. The van der Waals surface area contributed by atoms with Gasteiger partial charge in [-0.2, -0.15) is 4.37 Å². The van der Waals surface area contributed by atoms with Crippen molar-refractivity contribution in [2.45, 2.75) is 64.1 Å². The first-order chi connectivity index (χ1) is 12.7. The van der Waals surface area contributed by atoms with Crippen LogP contribution < -0.4 is 10.9 Å². The van der Waals surface area contributed by atoms with Crippen molar-refractivity contribution < 1.29 is 4.79 Å². The Morgan fingerprint density at radius 1 is 1.41 bits per heavy atom. The number of hydrogen-bond donors (Lipinski definition) is 1. The normalized spacial score (nSPS) is 19.4. The maximum Gasteiger partial charge on any atom is 0.253 e. The molecule has 8 nitrogen and oxygen atoms in total. The van der Waals surface area contributed by atoms with Gasteiger partial charge in [0.05, 0.1) is 6.33 Å². The number of rotatable bonds is 6. The molecule has 0 aliphatic heterocycles. The molecule has 0 bridgehead atoms. The highest BCUT2D eigenvalue weighted by Gasteiger charge is 2.34. The molecule has 0 radical (unpaired) electrons. The lowest BCUT2D eigenvalue weighted by atomic mass is 9.85. The average Bonchev–Trinajstić information content (AvgIpc) is 3.05. The summed E-state index contributed by atoms with van der Waals surface area (Å²) in [7, 11) is 1.83. The van der Waals surface area contributed by atoms with Crippen molar-refractivity contribution in [3.8, 4) is 0 Å². The maximum absolute atomic E-state index is 12.4. The third-order valence-electron chi connectivity index (χ3n) is 4.84. The molecule has 1 saturated carbocycles. The van der Waals surface area contributed by atoms with E-state index in [1.165, 1.54) is 34.7 Å². The third kappa shape index (κ3) is 4.71. The van der Waals surface area contributed by atoms with Gasteiger partial charge in [0.2, 0.25) is 11.0 Å². The lowest BCUT2D eigenvalue weighted by Gasteiger charge is -2.41. The van der Waals surface area contributed by atoms with E-state index in [1.807, 2.05) is 7.05 Å². The molecule has 0 spiro atoms. The van der Waals surface area contributed by atoms with E-state index in [4.69, 9.17) is 0 Å². The van der Waals surface area contributed by atoms with Crippen molar-refractivity contribution in [2.24, 2.45) is 0 Å². The first-order valence-corrected chi connectivity index (χ1v) is 9.88. The standard InChI is InChI=1S/C18H26N6O2S/c1-18(2,3)16-21-17(27-22-16)20-12-9-13(10-12)23(4)14(25)6-8-24-11-19-7-5-15(24)26/h5,7,11-13H,6,8-10H2,1-4H3,(H,20,21,22). The second-order valence-electron chi connectivity index (χ2n) is 8.01. The van der Waals surface area contributed by atoms with Gasteiger partial charge in [-0.1, -0.05) is 20.8 Å². The van der Waals surface area contributed by atoms with Gasteiger partial charge in [-0.3, -0.25) is 14.2 Å². The molecule has 1 fully saturated rings. The lowest BCUT2D eigenvalue weighted by molar-refractivity contribution is -0.133. The Hall–Kier alpha value is -2.29. The van der Waals surface area contributed by atoms with Gasteiger partial charge in [0, 0.05) is 61.3 Å². The summed E-state index contributed by atoms with van der Waals surface area (Å²) < 4.78 is 5.87. The van der Waals surface area contributed by atoms with E-state index in [9.17, 15) is 9.59 Å². The van der Waals surface area contributed by atoms with Crippen molar-refractivity contribution in [1.29, 1.82) is 0 Å². The molecule has 9 heteroatoms. The van der Waals surface area contributed by atoms with E-state index in [1.54, 1.807) is 4.90 Å². The largest absolute Gasteiger partial charge is 0.357 e. The molecule has 2 aromatic rings. The number of nitrogens with zero attached hydrogens (tertiary/aromatic N) is 5. The molecule has 0 unspecified atom stereocenters. The van der Waals surface area contributed by atoms with Gasteiger partial charge >= 0.3 is 0 Å². The molecule has 0 aromatic carbocycles. The zero-order valence-corrected chi connectivity index (χ0v) is 17.0. The molecule has 146 valence electrons. The highest BCUT2D eigenvalue weighted by molar-refractivity contribution is 7.09. The highest BCUT2D eigenvalue weighted by atomic mass is 32.1. The van der Waals surface area contributed by atoms with E-state index >= 15 is 0 Å². The van der Waals surface area contributed by atoms with E-state index < -0.39 is 0 Å². The number of amides is 1. The van der Waals surface area contributed by atoms with Crippen LogP contribution in [0.1, 0.15) is 45.9 Å². The Morgan fingerprint density at radius 3 is 2.78 bits per heavy atom. The van der Waals surface area contributed by atoms with Gasteiger partial charge in [0.1, 0.15) is 5.82 Å². The number of aromatic nitrogens is 4. The summed E-state index contributed by atoms with van der Waals surface area (Å²) in [5.41, 5.74) is -0.193. The average molecular weight is 391 g/mol. The van der Waals surface area contributed by atoms with Crippen LogP contribution in [-0.4, -0.2) is 48.8 Å². The molecule has 0 atom stereocenters. The van der Waals surface area contributed by atoms with Gasteiger partial charge in [0.25, 0.3) is 5.56 Å². The van der Waals surface area contributed by atoms with Crippen LogP contribution in [0.3, 0.4) is 0 Å². The number of hydrogen-bond acceptors (Lipinski definition) is 7. The minimum atomic E-state index is -0.139. The van der Waals surface area contributed by atoms with E-state index in [0.717, 1.165) is 23.8 Å². The molecule has 2 aromatic heterocycles. The van der Waals surface area contributed by atoms with E-state index in [0.29, 0.717) is 19.0 Å². The van der Waals surface area contributed by atoms with Crippen molar-refractivity contribution in [3.05, 3.63) is 34.8 Å². The zero-order valence-electron chi connectivity index (χ0n) is 16.2. The Bertz CT molecular complexity index is 850. The fraction of sp³-hybridized carbons (Fsp3) is 0.611. The van der Waals surface area contributed by atoms with Gasteiger partial charge in [-0.05, 0) is 12.8 Å². The monoisotopic (exact) mass is 390 g/mol. The fourth-order valence-electron chi connectivity index (χ4n) is 2.93. The minimum absolute atomic E-state index is 0.0418. The molecule has 27 heavy (non-hydrogen) atoms. The highest BCUT2D eigenvalue weighted by Crippen LogP contribution is 2.30. The van der Waals surface area contributed by atoms with Crippen molar-refractivity contribution >= 4 is 22.6 Å². The van der Waals surface area contributed by atoms with Crippen molar-refractivity contribution in [1.82, 2.24) is 23.8 Å². The topological polar surface area (TPSA) is 93.0 Å². The van der Waals surface area contributed by atoms with Crippen LogP contribution in [-0.2, 0) is 16.8 Å². The van der Waals surface area contributed by atoms with Gasteiger partial charge in [-0.25, -0.2) is 9.97 Å². The minimum Gasteiger partial charge on any atom is -0.357 e. The summed E-state index contributed by atoms with van der Waals surface area (Å²) >= 11 is 1.39. The Morgan fingerprint density at radius 2 is 2.15 bits per heavy atom. The number of anilines is 1. The number of aryl methyl sites for hydroxylation is 1. The van der Waals surface area contributed by atoms with E-state index in [2.05, 4.69) is 40.4 Å². The molecular formula is C18H26N6O2S. The predicted molar refractivity (Wildman–Crippen MR) is 105 cm³/mol.